The summed E-state index contributed by atoms with van der Waals surface area (Å²) < 4.78 is 12.0. The Morgan fingerprint density at radius 1 is 0.935 bits per heavy atom. The molecule has 5 heteroatoms. The van der Waals surface area contributed by atoms with Crippen LogP contribution in [0.5, 0.6) is 5.75 Å². The van der Waals surface area contributed by atoms with Crippen LogP contribution in [0.2, 0.25) is 0 Å². The summed E-state index contributed by atoms with van der Waals surface area (Å²) in [4.78, 5) is 17.5. The molecule has 2 aromatic carbocycles. The lowest BCUT2D eigenvalue weighted by Crippen LogP contribution is -2.47. The minimum absolute atomic E-state index is 0.153. The maximum Gasteiger partial charge on any atom is 0.339 e. The fraction of sp³-hybridized carbons (Fsp3) is 0.423. The molecule has 5 nitrogen and oxygen atoms in total. The quantitative estimate of drug-likeness (QED) is 0.602. The summed E-state index contributed by atoms with van der Waals surface area (Å²) >= 11 is 0. The van der Waals surface area contributed by atoms with Crippen LogP contribution < -0.4 is 10.4 Å². The van der Waals surface area contributed by atoms with E-state index in [1.807, 2.05) is 0 Å². The number of aryl methyl sites for hydroxylation is 1. The summed E-state index contributed by atoms with van der Waals surface area (Å²) in [5.74, 6) is 0.867. The first-order chi connectivity index (χ1) is 15.3. The van der Waals surface area contributed by atoms with Crippen molar-refractivity contribution in [2.75, 3.05) is 19.8 Å². The lowest BCUT2D eigenvalue weighted by Gasteiger charge is -2.40. The van der Waals surface area contributed by atoms with Gasteiger partial charge in [-0.25, -0.2) is 4.79 Å². The first kappa shape index (κ1) is 19.1. The fourth-order valence-electron chi connectivity index (χ4n) is 5.59. The minimum Gasteiger partial charge on any atom is -0.478 e. The topological polar surface area (TPSA) is 45.9 Å². The van der Waals surface area contributed by atoms with Crippen LogP contribution in [-0.2, 0) is 25.9 Å². The van der Waals surface area contributed by atoms with E-state index in [0.29, 0.717) is 12.8 Å². The second-order valence-electron chi connectivity index (χ2n) is 9.13. The van der Waals surface area contributed by atoms with Crippen LogP contribution in [-0.4, -0.2) is 35.7 Å². The van der Waals surface area contributed by atoms with Crippen molar-refractivity contribution >= 4 is 11.0 Å². The summed E-state index contributed by atoms with van der Waals surface area (Å²) in [5.41, 5.74) is 5.09. The number of likely N-dealkylation sites (tertiary alicyclic amines) is 1. The Kier molecular flexibility index (Phi) is 4.81. The molecule has 1 aliphatic carbocycles. The zero-order chi connectivity index (χ0) is 20.8. The van der Waals surface area contributed by atoms with E-state index in [-0.39, 0.29) is 5.63 Å². The molecule has 3 heterocycles. The molecule has 0 amide bonds. The second-order valence-corrected chi connectivity index (χ2v) is 9.13. The minimum atomic E-state index is -0.153. The van der Waals surface area contributed by atoms with Gasteiger partial charge in [-0.2, -0.15) is 0 Å². The van der Waals surface area contributed by atoms with Gasteiger partial charge < -0.3 is 9.15 Å². The molecule has 0 atom stereocenters. The van der Waals surface area contributed by atoms with E-state index in [0.717, 1.165) is 86.1 Å². The van der Waals surface area contributed by atoms with Gasteiger partial charge in [0.05, 0.1) is 5.56 Å². The van der Waals surface area contributed by atoms with E-state index >= 15 is 0 Å². The fourth-order valence-corrected chi connectivity index (χ4v) is 5.59. The van der Waals surface area contributed by atoms with Crippen LogP contribution in [0.25, 0.3) is 11.0 Å². The molecule has 0 unspecified atom stereocenters. The molecular formula is C26H28N2O3. The average Bonchev–Trinajstić information content (AvgIpc) is 3.31. The van der Waals surface area contributed by atoms with Crippen molar-refractivity contribution in [3.8, 4) is 5.75 Å². The van der Waals surface area contributed by atoms with Gasteiger partial charge in [0.25, 0.3) is 0 Å². The number of rotatable bonds is 3. The standard InChI is InChI=1S/C26H28N2O3/c29-26-22-8-4-7-20(22)21-9-10-24-23(25(21)31-26)16-28(17-30-24)19-11-13-27(14-12-19)15-18-5-2-1-3-6-18/h1-3,5-6,9-10,19H,4,7-8,11-17H2. The van der Waals surface area contributed by atoms with E-state index < -0.39 is 0 Å². The van der Waals surface area contributed by atoms with Crippen molar-refractivity contribution in [2.24, 2.45) is 0 Å². The number of benzene rings is 2. The summed E-state index contributed by atoms with van der Waals surface area (Å²) in [5, 5.41) is 1.11. The van der Waals surface area contributed by atoms with Gasteiger partial charge in [-0.15, -0.1) is 0 Å². The third-order valence-electron chi connectivity index (χ3n) is 7.27. The van der Waals surface area contributed by atoms with Crippen LogP contribution in [0.1, 0.15) is 41.5 Å². The predicted octanol–water partition coefficient (Wildman–Crippen LogP) is 4.10. The Balaban J connectivity index is 1.20. The number of hydrogen-bond donors (Lipinski definition) is 0. The first-order valence-electron chi connectivity index (χ1n) is 11.5. The summed E-state index contributed by atoms with van der Waals surface area (Å²) in [6.07, 6.45) is 5.13. The summed E-state index contributed by atoms with van der Waals surface area (Å²) in [6.45, 7) is 4.62. The third kappa shape index (κ3) is 3.46. The second kappa shape index (κ2) is 7.81. The molecular weight excluding hydrogens is 388 g/mol. The molecule has 3 aromatic rings. The summed E-state index contributed by atoms with van der Waals surface area (Å²) in [7, 11) is 0. The van der Waals surface area contributed by atoms with Gasteiger partial charge in [0.1, 0.15) is 18.1 Å². The highest BCUT2D eigenvalue weighted by Crippen LogP contribution is 2.37. The number of nitrogens with zero attached hydrogens (tertiary/aromatic N) is 2. The molecule has 0 saturated carbocycles. The van der Waals surface area contributed by atoms with Crippen molar-refractivity contribution in [1.29, 1.82) is 0 Å². The molecule has 0 spiro atoms. The Hall–Kier alpha value is -2.63. The number of fused-ring (bicyclic) bond motifs is 5. The van der Waals surface area contributed by atoms with Gasteiger partial charge in [-0.1, -0.05) is 30.3 Å². The molecule has 6 rings (SSSR count). The molecule has 160 valence electrons. The molecule has 3 aliphatic rings. The molecule has 1 aromatic heterocycles. The van der Waals surface area contributed by atoms with E-state index in [9.17, 15) is 4.79 Å². The van der Waals surface area contributed by atoms with Crippen LogP contribution >= 0.6 is 0 Å². The maximum absolute atomic E-state index is 12.6. The molecule has 2 aliphatic heterocycles. The van der Waals surface area contributed by atoms with Gasteiger partial charge in [-0.05, 0) is 68.5 Å². The lowest BCUT2D eigenvalue weighted by atomic mass is 9.99. The number of hydrogen-bond acceptors (Lipinski definition) is 5. The number of ether oxygens (including phenoxy) is 1. The lowest BCUT2D eigenvalue weighted by molar-refractivity contribution is 0.0244. The van der Waals surface area contributed by atoms with Gasteiger partial charge in [-0.3, -0.25) is 9.80 Å². The van der Waals surface area contributed by atoms with Crippen molar-refractivity contribution in [2.45, 2.75) is 51.2 Å². The Morgan fingerprint density at radius 3 is 2.58 bits per heavy atom. The van der Waals surface area contributed by atoms with E-state index in [1.54, 1.807) is 0 Å². The van der Waals surface area contributed by atoms with Gasteiger partial charge in [0, 0.05) is 30.1 Å². The highest BCUT2D eigenvalue weighted by molar-refractivity contribution is 5.86. The zero-order valence-corrected chi connectivity index (χ0v) is 17.8. The zero-order valence-electron chi connectivity index (χ0n) is 17.8. The first-order valence-corrected chi connectivity index (χ1v) is 11.5. The van der Waals surface area contributed by atoms with Gasteiger partial charge >= 0.3 is 5.63 Å². The van der Waals surface area contributed by atoms with Crippen molar-refractivity contribution in [1.82, 2.24) is 9.80 Å². The maximum atomic E-state index is 12.6. The molecule has 0 bridgehead atoms. The molecule has 31 heavy (non-hydrogen) atoms. The Labute approximate surface area is 182 Å². The van der Waals surface area contributed by atoms with Gasteiger partial charge in [0.2, 0.25) is 0 Å². The SMILES string of the molecule is O=c1oc2c3c(ccc2c2c1CCC2)OCN(C1CCN(Cc2ccccc2)CC1)C3. The normalized spacial score (nSPS) is 19.9. The molecule has 0 N–H and O–H groups in total. The van der Waals surface area contributed by atoms with Crippen molar-refractivity contribution < 1.29 is 9.15 Å². The van der Waals surface area contributed by atoms with E-state index in [1.165, 1.54) is 11.1 Å². The Bertz CT molecular complexity index is 1160. The van der Waals surface area contributed by atoms with E-state index in [2.05, 4.69) is 52.3 Å². The monoisotopic (exact) mass is 416 g/mol. The Morgan fingerprint density at radius 2 is 1.74 bits per heavy atom. The smallest absolute Gasteiger partial charge is 0.339 e. The highest BCUT2D eigenvalue weighted by atomic mass is 16.5. The third-order valence-corrected chi connectivity index (χ3v) is 7.27. The molecule has 1 fully saturated rings. The largest absolute Gasteiger partial charge is 0.478 e. The van der Waals surface area contributed by atoms with Crippen LogP contribution in [0.3, 0.4) is 0 Å². The van der Waals surface area contributed by atoms with Gasteiger partial charge in [0.15, 0.2) is 0 Å². The van der Waals surface area contributed by atoms with Crippen LogP contribution in [0.15, 0.2) is 51.7 Å². The number of piperidine rings is 1. The summed E-state index contributed by atoms with van der Waals surface area (Å²) in [6, 6.07) is 15.4. The van der Waals surface area contributed by atoms with Crippen LogP contribution in [0, 0.1) is 0 Å². The van der Waals surface area contributed by atoms with Crippen molar-refractivity contribution in [3.05, 3.63) is 75.1 Å². The average molecular weight is 417 g/mol. The van der Waals surface area contributed by atoms with Crippen LogP contribution in [0.4, 0.5) is 0 Å². The van der Waals surface area contributed by atoms with E-state index in [4.69, 9.17) is 9.15 Å². The molecule has 0 radical (unpaired) electrons. The highest BCUT2D eigenvalue weighted by Gasteiger charge is 2.31. The van der Waals surface area contributed by atoms with Crippen molar-refractivity contribution in [3.63, 3.8) is 0 Å². The predicted molar refractivity (Wildman–Crippen MR) is 120 cm³/mol. The molecule has 1 saturated heterocycles.